The van der Waals surface area contributed by atoms with Crippen LogP contribution in [0.2, 0.25) is 0 Å². The number of amides is 2. The van der Waals surface area contributed by atoms with E-state index in [9.17, 15) is 9.59 Å². The van der Waals surface area contributed by atoms with Crippen LogP contribution >= 0.6 is 0 Å². The lowest BCUT2D eigenvalue weighted by Gasteiger charge is -2.24. The molecule has 0 aromatic rings. The molecule has 0 aromatic carbocycles. The van der Waals surface area contributed by atoms with E-state index >= 15 is 0 Å². The van der Waals surface area contributed by atoms with Crippen molar-refractivity contribution in [1.29, 1.82) is 0 Å². The van der Waals surface area contributed by atoms with Crippen LogP contribution < -0.4 is 11.1 Å². The van der Waals surface area contributed by atoms with E-state index in [1.165, 1.54) is 0 Å². The minimum atomic E-state index is -0.195. The highest BCUT2D eigenvalue weighted by molar-refractivity contribution is 5.89. The van der Waals surface area contributed by atoms with Crippen molar-refractivity contribution >= 4 is 11.8 Å². The Hall–Kier alpha value is -1.10. The molecule has 2 amide bonds. The number of nitrogens with zero attached hydrogens (tertiary/aromatic N) is 1. The van der Waals surface area contributed by atoms with Crippen LogP contribution in [0, 0.1) is 5.92 Å². The lowest BCUT2D eigenvalue weighted by atomic mass is 10.1. The van der Waals surface area contributed by atoms with Gasteiger partial charge in [0.15, 0.2) is 0 Å². The summed E-state index contributed by atoms with van der Waals surface area (Å²) in [5, 5.41) is 2.87. The smallest absolute Gasteiger partial charge is 0.225 e. The predicted octanol–water partition coefficient (Wildman–Crippen LogP) is 0.877. The molecule has 3 N–H and O–H groups in total. The molecule has 1 aliphatic heterocycles. The summed E-state index contributed by atoms with van der Waals surface area (Å²) in [5.41, 5.74) is 5.64. The van der Waals surface area contributed by atoms with Gasteiger partial charge in [0.25, 0.3) is 0 Å². The van der Waals surface area contributed by atoms with Gasteiger partial charge in [0.05, 0.1) is 5.92 Å². The molecule has 0 saturated carbocycles. The Balaban J connectivity index is 2.40. The zero-order valence-corrected chi connectivity index (χ0v) is 12.3. The van der Waals surface area contributed by atoms with Crippen molar-refractivity contribution in [2.24, 2.45) is 11.7 Å². The number of hydrogen-bond acceptors (Lipinski definition) is 3. The third-order valence-corrected chi connectivity index (χ3v) is 3.67. The maximum Gasteiger partial charge on any atom is 0.225 e. The molecule has 0 aromatic heterocycles. The molecule has 1 saturated heterocycles. The molecule has 1 heterocycles. The number of rotatable bonds is 7. The van der Waals surface area contributed by atoms with Crippen molar-refractivity contribution in [3.63, 3.8) is 0 Å². The van der Waals surface area contributed by atoms with Gasteiger partial charge in [-0.3, -0.25) is 9.59 Å². The van der Waals surface area contributed by atoms with Gasteiger partial charge in [-0.25, -0.2) is 0 Å². The quantitative estimate of drug-likeness (QED) is 0.720. The molecule has 3 atom stereocenters. The van der Waals surface area contributed by atoms with Gasteiger partial charge in [-0.05, 0) is 26.7 Å². The first-order valence-electron chi connectivity index (χ1n) is 7.28. The van der Waals surface area contributed by atoms with Crippen LogP contribution in [0.1, 0.15) is 46.5 Å². The van der Waals surface area contributed by atoms with Gasteiger partial charge in [0, 0.05) is 31.6 Å². The fraction of sp³-hybridized carbons (Fsp3) is 0.857. The summed E-state index contributed by atoms with van der Waals surface area (Å²) < 4.78 is 0. The van der Waals surface area contributed by atoms with Crippen molar-refractivity contribution in [2.75, 3.05) is 13.1 Å². The molecule has 5 nitrogen and oxygen atoms in total. The minimum Gasteiger partial charge on any atom is -0.356 e. The van der Waals surface area contributed by atoms with E-state index in [0.717, 1.165) is 19.3 Å². The zero-order chi connectivity index (χ0) is 14.4. The van der Waals surface area contributed by atoms with Crippen LogP contribution in [0.4, 0.5) is 0 Å². The second kappa shape index (κ2) is 7.48. The molecule has 1 fully saturated rings. The van der Waals surface area contributed by atoms with Gasteiger partial charge >= 0.3 is 0 Å². The van der Waals surface area contributed by atoms with Gasteiger partial charge < -0.3 is 16.0 Å². The Morgan fingerprint density at radius 2 is 2.16 bits per heavy atom. The number of likely N-dealkylation sites (tertiary alicyclic amines) is 1. The average molecular weight is 269 g/mol. The molecule has 19 heavy (non-hydrogen) atoms. The van der Waals surface area contributed by atoms with E-state index in [2.05, 4.69) is 19.2 Å². The molecular formula is C14H27N3O2. The maximum absolute atomic E-state index is 12.0. The fourth-order valence-corrected chi connectivity index (χ4v) is 2.47. The van der Waals surface area contributed by atoms with Gasteiger partial charge in [0.1, 0.15) is 0 Å². The van der Waals surface area contributed by atoms with Gasteiger partial charge in [0.2, 0.25) is 11.8 Å². The van der Waals surface area contributed by atoms with Gasteiger partial charge in [-0.2, -0.15) is 0 Å². The second-order valence-electron chi connectivity index (χ2n) is 5.64. The number of nitrogens with one attached hydrogen (secondary N) is 1. The third kappa shape index (κ3) is 4.82. The van der Waals surface area contributed by atoms with E-state index in [4.69, 9.17) is 5.73 Å². The Kier molecular flexibility index (Phi) is 6.28. The Morgan fingerprint density at radius 1 is 1.47 bits per heavy atom. The van der Waals surface area contributed by atoms with Crippen LogP contribution in [-0.2, 0) is 9.59 Å². The van der Waals surface area contributed by atoms with E-state index in [-0.39, 0.29) is 29.8 Å². The molecule has 1 rings (SSSR count). The molecule has 110 valence electrons. The lowest BCUT2D eigenvalue weighted by molar-refractivity contribution is -0.130. The first-order chi connectivity index (χ1) is 8.95. The molecule has 0 aliphatic carbocycles. The summed E-state index contributed by atoms with van der Waals surface area (Å²) in [4.78, 5) is 25.7. The summed E-state index contributed by atoms with van der Waals surface area (Å²) in [6, 6.07) is 0.325. The summed E-state index contributed by atoms with van der Waals surface area (Å²) in [5.74, 6) is -0.103. The first kappa shape index (κ1) is 16.0. The SMILES string of the molecule is CCCC(C)N1CC(C(=O)NCCC(C)N)CC1=O. The number of hydrogen-bond donors (Lipinski definition) is 2. The fourth-order valence-electron chi connectivity index (χ4n) is 2.47. The van der Waals surface area contributed by atoms with Gasteiger partial charge in [-0.1, -0.05) is 13.3 Å². The summed E-state index contributed by atoms with van der Waals surface area (Å²) >= 11 is 0. The molecule has 0 radical (unpaired) electrons. The van der Waals surface area contributed by atoms with Crippen molar-refractivity contribution in [2.45, 2.75) is 58.5 Å². The normalized spacial score (nSPS) is 22.4. The Labute approximate surface area is 115 Å². The highest BCUT2D eigenvalue weighted by atomic mass is 16.2. The topological polar surface area (TPSA) is 75.4 Å². The van der Waals surface area contributed by atoms with Gasteiger partial charge in [-0.15, -0.1) is 0 Å². The van der Waals surface area contributed by atoms with E-state index in [0.29, 0.717) is 19.5 Å². The molecule has 0 bridgehead atoms. The highest BCUT2D eigenvalue weighted by Gasteiger charge is 2.36. The van der Waals surface area contributed by atoms with Crippen molar-refractivity contribution in [1.82, 2.24) is 10.2 Å². The summed E-state index contributed by atoms with van der Waals surface area (Å²) in [6.07, 6.45) is 3.15. The molecule has 1 aliphatic rings. The van der Waals surface area contributed by atoms with Crippen LogP contribution in [0.3, 0.4) is 0 Å². The van der Waals surface area contributed by atoms with Crippen molar-refractivity contribution in [3.05, 3.63) is 0 Å². The second-order valence-corrected chi connectivity index (χ2v) is 5.64. The Morgan fingerprint density at radius 3 is 2.74 bits per heavy atom. The summed E-state index contributed by atoms with van der Waals surface area (Å²) in [6.45, 7) is 7.22. The molecule has 0 spiro atoms. The van der Waals surface area contributed by atoms with E-state index in [1.807, 2.05) is 11.8 Å². The number of carbonyl (C=O) groups excluding carboxylic acids is 2. The molecule has 3 unspecified atom stereocenters. The van der Waals surface area contributed by atoms with Crippen LogP contribution in [0.15, 0.2) is 0 Å². The van der Waals surface area contributed by atoms with E-state index in [1.54, 1.807) is 0 Å². The van der Waals surface area contributed by atoms with Crippen LogP contribution in [0.5, 0.6) is 0 Å². The van der Waals surface area contributed by atoms with Crippen LogP contribution in [-0.4, -0.2) is 41.9 Å². The highest BCUT2D eigenvalue weighted by Crippen LogP contribution is 2.22. The standard InChI is InChI=1S/C14H27N3O2/c1-4-5-11(3)17-9-12(8-13(17)18)14(19)16-7-6-10(2)15/h10-12H,4-9,15H2,1-3H3,(H,16,19). The monoisotopic (exact) mass is 269 g/mol. The zero-order valence-electron chi connectivity index (χ0n) is 12.3. The minimum absolute atomic E-state index is 0.0137. The third-order valence-electron chi connectivity index (χ3n) is 3.67. The first-order valence-corrected chi connectivity index (χ1v) is 7.28. The maximum atomic E-state index is 12.0. The number of nitrogens with two attached hydrogens (primary N) is 1. The Bertz CT molecular complexity index is 318. The van der Waals surface area contributed by atoms with Crippen molar-refractivity contribution < 1.29 is 9.59 Å². The van der Waals surface area contributed by atoms with E-state index < -0.39 is 0 Å². The molecule has 5 heteroatoms. The number of carbonyl (C=O) groups is 2. The average Bonchev–Trinajstić information content (AvgIpc) is 2.71. The lowest BCUT2D eigenvalue weighted by Crippen LogP contribution is -2.37. The largest absolute Gasteiger partial charge is 0.356 e. The van der Waals surface area contributed by atoms with Crippen molar-refractivity contribution in [3.8, 4) is 0 Å². The van der Waals surface area contributed by atoms with Crippen LogP contribution in [0.25, 0.3) is 0 Å². The summed E-state index contributed by atoms with van der Waals surface area (Å²) in [7, 11) is 0. The predicted molar refractivity (Wildman–Crippen MR) is 75.5 cm³/mol. The molecular weight excluding hydrogens is 242 g/mol.